The lowest BCUT2D eigenvalue weighted by atomic mass is 10.3. The summed E-state index contributed by atoms with van der Waals surface area (Å²) in [6.07, 6.45) is 2.98. The molecule has 41 valence electrons. The molecule has 0 amide bonds. The van der Waals surface area contributed by atoms with Crippen LogP contribution < -0.4 is 0 Å². The Hall–Kier alpha value is -0.920. The zero-order valence-electron chi connectivity index (χ0n) is 4.26. The van der Waals surface area contributed by atoms with Crippen molar-refractivity contribution in [1.82, 2.24) is 4.98 Å². The summed E-state index contributed by atoms with van der Waals surface area (Å²) in [5.74, 6) is 0. The van der Waals surface area contributed by atoms with Crippen LogP contribution in [0.1, 0.15) is 5.56 Å². The molecule has 0 aliphatic carbocycles. The van der Waals surface area contributed by atoms with Gasteiger partial charge in [0.15, 0.2) is 0 Å². The van der Waals surface area contributed by atoms with Crippen molar-refractivity contribution in [1.29, 1.82) is 0 Å². The lowest BCUT2D eigenvalue weighted by molar-refractivity contribution is 0.484. The second kappa shape index (κ2) is 2.40. The van der Waals surface area contributed by atoms with Crippen molar-refractivity contribution in [2.24, 2.45) is 0 Å². The molecule has 2 heteroatoms. The molecule has 1 aromatic rings. The van der Waals surface area contributed by atoms with Crippen molar-refractivity contribution in [3.63, 3.8) is 0 Å². The molecule has 0 aliphatic heterocycles. The van der Waals surface area contributed by atoms with E-state index in [-0.39, 0.29) is 0 Å². The van der Waals surface area contributed by atoms with Crippen LogP contribution in [0.2, 0.25) is 0 Å². The zero-order valence-corrected chi connectivity index (χ0v) is 4.26. The Balaban J connectivity index is 2.83. The summed E-state index contributed by atoms with van der Waals surface area (Å²) in [5, 5.41) is 0. The fourth-order valence-electron chi connectivity index (χ4n) is 0.431. The van der Waals surface area contributed by atoms with Gasteiger partial charge in [0.05, 0.1) is 0 Å². The van der Waals surface area contributed by atoms with Crippen LogP contribution in [0.3, 0.4) is 0 Å². The summed E-state index contributed by atoms with van der Waals surface area (Å²) >= 11 is 0. The van der Waals surface area contributed by atoms with Crippen LogP contribution in [0.4, 0.5) is 4.39 Å². The van der Waals surface area contributed by atoms with Crippen LogP contribution in [0.25, 0.3) is 0 Å². The molecule has 0 spiro atoms. The van der Waals surface area contributed by atoms with E-state index in [1.54, 1.807) is 6.07 Å². The Bertz CT molecular complexity index is 150. The predicted molar refractivity (Wildman–Crippen MR) is 27.9 cm³/mol. The molecular weight excluding hydrogens is 105 g/mol. The van der Waals surface area contributed by atoms with E-state index >= 15 is 0 Å². The highest BCUT2D eigenvalue weighted by Gasteiger charge is 1.84. The lowest BCUT2D eigenvalue weighted by Gasteiger charge is -1.86. The van der Waals surface area contributed by atoms with Gasteiger partial charge in [-0.1, -0.05) is 0 Å². The van der Waals surface area contributed by atoms with E-state index < -0.39 is 6.67 Å². The van der Waals surface area contributed by atoms with Gasteiger partial charge in [-0.15, -0.1) is 0 Å². The SMILES string of the molecule is FCc1c[c]cnc1. The number of halogens is 1. The van der Waals surface area contributed by atoms with Crippen molar-refractivity contribution < 1.29 is 4.39 Å². The average Bonchev–Trinajstić information content (AvgIpc) is 1.90. The first-order valence-electron chi connectivity index (χ1n) is 2.29. The van der Waals surface area contributed by atoms with E-state index in [0.717, 1.165) is 0 Å². The molecule has 0 saturated carbocycles. The molecule has 1 aromatic heterocycles. The van der Waals surface area contributed by atoms with E-state index in [0.29, 0.717) is 5.56 Å². The molecule has 0 atom stereocenters. The third kappa shape index (κ3) is 1.03. The number of hydrogen-bond donors (Lipinski definition) is 0. The third-order valence-corrected chi connectivity index (χ3v) is 0.812. The lowest BCUT2D eigenvalue weighted by Crippen LogP contribution is -1.77. The van der Waals surface area contributed by atoms with Crippen molar-refractivity contribution in [2.45, 2.75) is 6.67 Å². The number of hydrogen-bond acceptors (Lipinski definition) is 1. The summed E-state index contributed by atoms with van der Waals surface area (Å²) in [4.78, 5) is 3.66. The van der Waals surface area contributed by atoms with E-state index in [9.17, 15) is 4.39 Å². The minimum Gasteiger partial charge on any atom is -0.264 e. The van der Waals surface area contributed by atoms with Crippen LogP contribution in [-0.4, -0.2) is 4.98 Å². The van der Waals surface area contributed by atoms with Gasteiger partial charge in [-0.3, -0.25) is 4.98 Å². The Morgan fingerprint density at radius 1 is 1.75 bits per heavy atom. The van der Waals surface area contributed by atoms with Gasteiger partial charge in [0.25, 0.3) is 0 Å². The Morgan fingerprint density at radius 2 is 2.62 bits per heavy atom. The summed E-state index contributed by atoms with van der Waals surface area (Å²) in [6, 6.07) is 4.24. The van der Waals surface area contributed by atoms with Crippen molar-refractivity contribution in [3.05, 3.63) is 30.1 Å². The number of nitrogens with zero attached hydrogens (tertiary/aromatic N) is 1. The van der Waals surface area contributed by atoms with Crippen LogP contribution in [-0.2, 0) is 6.67 Å². The maximum atomic E-state index is 11.7. The normalized spacial score (nSPS) is 9.12. The van der Waals surface area contributed by atoms with Crippen LogP contribution in [0.15, 0.2) is 18.5 Å². The number of aromatic nitrogens is 1. The van der Waals surface area contributed by atoms with Crippen LogP contribution in [0.5, 0.6) is 0 Å². The fourth-order valence-corrected chi connectivity index (χ4v) is 0.431. The standard InChI is InChI=1S/C6H5FN/c7-4-6-2-1-3-8-5-6/h2-3,5H,4H2. The molecule has 0 N–H and O–H groups in total. The van der Waals surface area contributed by atoms with Gasteiger partial charge < -0.3 is 0 Å². The minimum absolute atomic E-state index is 0.454. The number of alkyl halides is 1. The molecule has 0 aromatic carbocycles. The van der Waals surface area contributed by atoms with Crippen molar-refractivity contribution in [2.75, 3.05) is 0 Å². The highest BCUT2D eigenvalue weighted by atomic mass is 19.1. The van der Waals surface area contributed by atoms with Gasteiger partial charge in [0.2, 0.25) is 0 Å². The molecule has 8 heavy (non-hydrogen) atoms. The van der Waals surface area contributed by atoms with Crippen LogP contribution in [0, 0.1) is 6.07 Å². The second-order valence-electron chi connectivity index (χ2n) is 1.43. The summed E-state index contributed by atoms with van der Waals surface area (Å²) in [5.41, 5.74) is 0.576. The first kappa shape index (κ1) is 5.22. The minimum atomic E-state index is -0.454. The number of pyridine rings is 1. The summed E-state index contributed by atoms with van der Waals surface area (Å²) in [7, 11) is 0. The Labute approximate surface area is 47.2 Å². The Kier molecular flexibility index (Phi) is 1.57. The van der Waals surface area contributed by atoms with E-state index in [1.165, 1.54) is 12.4 Å². The van der Waals surface area contributed by atoms with Gasteiger partial charge in [-0.05, 0) is 6.07 Å². The van der Waals surface area contributed by atoms with Crippen molar-refractivity contribution in [3.8, 4) is 0 Å². The molecule has 1 heterocycles. The topological polar surface area (TPSA) is 12.9 Å². The highest BCUT2D eigenvalue weighted by molar-refractivity contribution is 5.05. The summed E-state index contributed by atoms with van der Waals surface area (Å²) < 4.78 is 11.7. The first-order valence-corrected chi connectivity index (χ1v) is 2.29. The van der Waals surface area contributed by atoms with E-state index in [1.807, 2.05) is 0 Å². The van der Waals surface area contributed by atoms with Gasteiger partial charge in [0, 0.05) is 24.0 Å². The van der Waals surface area contributed by atoms with E-state index in [4.69, 9.17) is 0 Å². The molecule has 1 rings (SSSR count). The van der Waals surface area contributed by atoms with E-state index in [2.05, 4.69) is 11.1 Å². The molecule has 0 bridgehead atoms. The molecule has 0 aliphatic rings. The van der Waals surface area contributed by atoms with Gasteiger partial charge in [0.1, 0.15) is 6.67 Å². The number of rotatable bonds is 1. The van der Waals surface area contributed by atoms with Gasteiger partial charge >= 0.3 is 0 Å². The third-order valence-electron chi connectivity index (χ3n) is 0.812. The molecule has 1 nitrogen and oxygen atoms in total. The highest BCUT2D eigenvalue weighted by Crippen LogP contribution is 1.94. The van der Waals surface area contributed by atoms with Crippen LogP contribution >= 0.6 is 0 Å². The molecule has 1 radical (unpaired) electrons. The van der Waals surface area contributed by atoms with Gasteiger partial charge in [-0.25, -0.2) is 4.39 Å². The molecule has 0 fully saturated rings. The summed E-state index contributed by atoms with van der Waals surface area (Å²) in [6.45, 7) is -0.454. The average molecular weight is 110 g/mol. The second-order valence-corrected chi connectivity index (χ2v) is 1.43. The predicted octanol–water partition coefficient (Wildman–Crippen LogP) is 1.35. The Morgan fingerprint density at radius 3 is 3.00 bits per heavy atom. The van der Waals surface area contributed by atoms with Crippen molar-refractivity contribution >= 4 is 0 Å². The quantitative estimate of drug-likeness (QED) is 0.531. The zero-order chi connectivity index (χ0) is 5.82. The maximum absolute atomic E-state index is 11.7. The fraction of sp³-hybridized carbons (Fsp3) is 0.167. The first-order chi connectivity index (χ1) is 3.93. The molecule has 0 saturated heterocycles. The largest absolute Gasteiger partial charge is 0.264 e. The molecular formula is C6H5FN. The smallest absolute Gasteiger partial charge is 0.116 e. The molecule has 0 unspecified atom stereocenters. The maximum Gasteiger partial charge on any atom is 0.116 e. The monoisotopic (exact) mass is 110 g/mol. The van der Waals surface area contributed by atoms with Gasteiger partial charge in [-0.2, -0.15) is 0 Å².